The molecule has 182 valence electrons. The number of nitrogens with zero attached hydrogens (tertiary/aromatic N) is 3. The Morgan fingerprint density at radius 1 is 0.971 bits per heavy atom. The van der Waals surface area contributed by atoms with Crippen molar-refractivity contribution >= 4 is 33.3 Å². The Labute approximate surface area is 202 Å². The number of hydrogen-bond acceptors (Lipinski definition) is 7. The van der Waals surface area contributed by atoms with E-state index in [1.807, 2.05) is 17.0 Å². The van der Waals surface area contributed by atoms with Crippen LogP contribution in [0.3, 0.4) is 0 Å². The molecule has 0 aliphatic carbocycles. The van der Waals surface area contributed by atoms with Crippen LogP contribution in [0.1, 0.15) is 20.7 Å². The number of sulfonamides is 1. The number of anilines is 2. The monoisotopic (exact) mass is 496 g/mol. The van der Waals surface area contributed by atoms with Gasteiger partial charge in [0.1, 0.15) is 11.3 Å². The van der Waals surface area contributed by atoms with Crippen LogP contribution in [0.2, 0.25) is 0 Å². The summed E-state index contributed by atoms with van der Waals surface area (Å²) in [6, 6.07) is 16.3. The van der Waals surface area contributed by atoms with Gasteiger partial charge in [0.05, 0.1) is 23.2 Å². The molecule has 3 aromatic rings. The summed E-state index contributed by atoms with van der Waals surface area (Å²) in [5.74, 6) is -0.787. The van der Waals surface area contributed by atoms with Gasteiger partial charge in [0.25, 0.3) is 5.91 Å². The molecule has 0 unspecified atom stereocenters. The fraction of sp³-hybridized carbons (Fsp3) is 0.208. The number of hydrogen-bond donors (Lipinski definition) is 2. The van der Waals surface area contributed by atoms with E-state index in [1.165, 1.54) is 30.5 Å². The molecule has 0 spiro atoms. The Morgan fingerprint density at radius 2 is 1.66 bits per heavy atom. The molecule has 0 bridgehead atoms. The molecule has 4 rings (SSSR count). The van der Waals surface area contributed by atoms with Crippen LogP contribution in [0, 0.1) is 0 Å². The van der Waals surface area contributed by atoms with Crippen molar-refractivity contribution in [2.75, 3.05) is 42.1 Å². The average molecular weight is 497 g/mol. The van der Waals surface area contributed by atoms with E-state index >= 15 is 0 Å². The van der Waals surface area contributed by atoms with Gasteiger partial charge in [-0.3, -0.25) is 9.52 Å². The van der Waals surface area contributed by atoms with E-state index in [0.717, 1.165) is 11.9 Å². The van der Waals surface area contributed by atoms with E-state index in [4.69, 9.17) is 9.84 Å². The fourth-order valence-electron chi connectivity index (χ4n) is 3.77. The predicted molar refractivity (Wildman–Crippen MR) is 131 cm³/mol. The first kappa shape index (κ1) is 24.0. The van der Waals surface area contributed by atoms with Gasteiger partial charge in [-0.05, 0) is 48.5 Å². The molecule has 1 saturated heterocycles. The summed E-state index contributed by atoms with van der Waals surface area (Å²) in [7, 11) is -3.43. The van der Waals surface area contributed by atoms with E-state index in [2.05, 4.69) is 9.71 Å². The van der Waals surface area contributed by atoms with E-state index in [-0.39, 0.29) is 17.4 Å². The lowest BCUT2D eigenvalue weighted by Gasteiger charge is -2.37. The second kappa shape index (κ2) is 10.0. The topological polar surface area (TPSA) is 129 Å². The highest BCUT2D eigenvalue weighted by atomic mass is 32.2. The quantitative estimate of drug-likeness (QED) is 0.511. The number of piperazine rings is 1. The summed E-state index contributed by atoms with van der Waals surface area (Å²) in [4.78, 5) is 32.2. The lowest BCUT2D eigenvalue weighted by Crippen LogP contribution is -2.49. The third-order valence-electron chi connectivity index (χ3n) is 5.42. The molecule has 11 heteroatoms. The number of carboxylic acids is 1. The fourth-order valence-corrected chi connectivity index (χ4v) is 4.34. The standard InChI is InChI=1S/C24H24N4O6S/c1-35(32,33)26-20-6-2-3-7-21(20)27-13-15-28(16-14-27)23(29)19-5-4-12-25-22(19)34-18-10-8-17(9-11-18)24(30)31/h2-12,26H,13-16H2,1H3,(H,30,31). The highest BCUT2D eigenvalue weighted by molar-refractivity contribution is 7.92. The number of aromatic nitrogens is 1. The number of rotatable bonds is 7. The van der Waals surface area contributed by atoms with Crippen LogP contribution in [-0.4, -0.2) is 67.7 Å². The van der Waals surface area contributed by atoms with E-state index in [0.29, 0.717) is 43.2 Å². The Hall–Kier alpha value is -4.12. The third kappa shape index (κ3) is 5.87. The number of carbonyl (C=O) groups is 2. The minimum Gasteiger partial charge on any atom is -0.478 e. The number of pyridine rings is 1. The molecule has 1 aliphatic rings. The number of aromatic carboxylic acids is 1. The maximum Gasteiger partial charge on any atom is 0.335 e. The zero-order valence-electron chi connectivity index (χ0n) is 18.9. The van der Waals surface area contributed by atoms with Gasteiger partial charge in [-0.2, -0.15) is 0 Å². The van der Waals surface area contributed by atoms with Crippen molar-refractivity contribution in [1.82, 2.24) is 9.88 Å². The lowest BCUT2D eigenvalue weighted by atomic mass is 10.2. The molecule has 10 nitrogen and oxygen atoms in total. The molecule has 1 amide bonds. The van der Waals surface area contributed by atoms with Crippen molar-refractivity contribution in [1.29, 1.82) is 0 Å². The summed E-state index contributed by atoms with van der Waals surface area (Å²) in [5, 5.41) is 9.05. The van der Waals surface area contributed by atoms with Gasteiger partial charge in [0.2, 0.25) is 15.9 Å². The lowest BCUT2D eigenvalue weighted by molar-refractivity contribution is 0.0695. The number of carbonyl (C=O) groups excluding carboxylic acids is 1. The molecule has 0 saturated carbocycles. The molecule has 0 atom stereocenters. The van der Waals surface area contributed by atoms with Crippen LogP contribution in [0.25, 0.3) is 0 Å². The molecule has 1 aromatic heterocycles. The SMILES string of the molecule is CS(=O)(=O)Nc1ccccc1N1CCN(C(=O)c2cccnc2Oc2ccc(C(=O)O)cc2)CC1. The van der Waals surface area contributed by atoms with Crippen LogP contribution < -0.4 is 14.4 Å². The number of para-hydroxylation sites is 2. The molecule has 1 aliphatic heterocycles. The first-order chi connectivity index (χ1) is 16.7. The van der Waals surface area contributed by atoms with Gasteiger partial charge < -0.3 is 19.6 Å². The normalized spacial score (nSPS) is 13.9. The average Bonchev–Trinajstić information content (AvgIpc) is 2.84. The van der Waals surface area contributed by atoms with Crippen molar-refractivity contribution in [3.8, 4) is 11.6 Å². The first-order valence-electron chi connectivity index (χ1n) is 10.8. The molecule has 2 N–H and O–H groups in total. The van der Waals surface area contributed by atoms with Crippen molar-refractivity contribution in [2.24, 2.45) is 0 Å². The molecule has 2 heterocycles. The van der Waals surface area contributed by atoms with E-state index in [9.17, 15) is 18.0 Å². The van der Waals surface area contributed by atoms with Crippen LogP contribution in [0.4, 0.5) is 11.4 Å². The largest absolute Gasteiger partial charge is 0.478 e. The maximum absolute atomic E-state index is 13.3. The minimum atomic E-state index is -3.43. The zero-order chi connectivity index (χ0) is 25.0. The number of ether oxygens (including phenoxy) is 1. The Balaban J connectivity index is 1.46. The highest BCUT2D eigenvalue weighted by Gasteiger charge is 2.26. The van der Waals surface area contributed by atoms with Gasteiger partial charge in [-0.25, -0.2) is 18.2 Å². The van der Waals surface area contributed by atoms with Gasteiger partial charge in [-0.1, -0.05) is 12.1 Å². The Morgan fingerprint density at radius 3 is 2.31 bits per heavy atom. The summed E-state index contributed by atoms with van der Waals surface area (Å²) in [5.41, 5.74) is 1.66. The van der Waals surface area contributed by atoms with Crippen LogP contribution in [-0.2, 0) is 10.0 Å². The van der Waals surface area contributed by atoms with Gasteiger partial charge >= 0.3 is 5.97 Å². The molecular formula is C24H24N4O6S. The molecule has 1 fully saturated rings. The molecule has 2 aromatic carbocycles. The number of nitrogens with one attached hydrogen (secondary N) is 1. The van der Waals surface area contributed by atoms with Crippen molar-refractivity contribution in [3.63, 3.8) is 0 Å². The van der Waals surface area contributed by atoms with E-state index in [1.54, 1.807) is 29.2 Å². The van der Waals surface area contributed by atoms with Gasteiger partial charge in [-0.15, -0.1) is 0 Å². The van der Waals surface area contributed by atoms with Crippen molar-refractivity contribution in [2.45, 2.75) is 0 Å². The molecule has 35 heavy (non-hydrogen) atoms. The zero-order valence-corrected chi connectivity index (χ0v) is 19.7. The van der Waals surface area contributed by atoms with Gasteiger partial charge in [0, 0.05) is 32.4 Å². The number of carboxylic acid groups (broad SMARTS) is 1. The summed E-state index contributed by atoms with van der Waals surface area (Å²) in [6.45, 7) is 1.88. The summed E-state index contributed by atoms with van der Waals surface area (Å²) in [6.07, 6.45) is 2.62. The second-order valence-electron chi connectivity index (χ2n) is 7.96. The Kier molecular flexibility index (Phi) is 6.87. The van der Waals surface area contributed by atoms with Crippen LogP contribution >= 0.6 is 0 Å². The second-order valence-corrected chi connectivity index (χ2v) is 9.71. The van der Waals surface area contributed by atoms with Crippen molar-refractivity contribution in [3.05, 3.63) is 78.0 Å². The van der Waals surface area contributed by atoms with Crippen LogP contribution in [0.15, 0.2) is 66.9 Å². The van der Waals surface area contributed by atoms with Crippen molar-refractivity contribution < 1.29 is 27.9 Å². The van der Waals surface area contributed by atoms with Gasteiger partial charge in [0.15, 0.2) is 0 Å². The maximum atomic E-state index is 13.3. The minimum absolute atomic E-state index is 0.126. The Bertz CT molecular complexity index is 1340. The summed E-state index contributed by atoms with van der Waals surface area (Å²) >= 11 is 0. The number of benzene rings is 2. The smallest absolute Gasteiger partial charge is 0.335 e. The molecule has 0 radical (unpaired) electrons. The highest BCUT2D eigenvalue weighted by Crippen LogP contribution is 2.29. The van der Waals surface area contributed by atoms with E-state index < -0.39 is 16.0 Å². The summed E-state index contributed by atoms with van der Waals surface area (Å²) < 4.78 is 31.8. The number of amides is 1. The molecular weight excluding hydrogens is 472 g/mol. The predicted octanol–water partition coefficient (Wildman–Crippen LogP) is 2.91. The first-order valence-corrected chi connectivity index (χ1v) is 12.7. The third-order valence-corrected chi connectivity index (χ3v) is 6.02. The van der Waals surface area contributed by atoms with Crippen LogP contribution in [0.5, 0.6) is 11.6 Å².